The van der Waals surface area contributed by atoms with Crippen LogP contribution in [-0.2, 0) is 9.53 Å². The van der Waals surface area contributed by atoms with Crippen LogP contribution in [0.5, 0.6) is 0 Å². The van der Waals surface area contributed by atoms with Crippen LogP contribution in [-0.4, -0.2) is 24.7 Å². The van der Waals surface area contributed by atoms with E-state index in [0.29, 0.717) is 18.4 Å². The van der Waals surface area contributed by atoms with Crippen molar-refractivity contribution in [2.75, 3.05) is 6.54 Å². The van der Waals surface area contributed by atoms with Crippen molar-refractivity contribution in [3.63, 3.8) is 0 Å². The highest BCUT2D eigenvalue weighted by Gasteiger charge is 2.27. The number of rotatable bonds is 5. The van der Waals surface area contributed by atoms with E-state index in [1.54, 1.807) is 0 Å². The van der Waals surface area contributed by atoms with E-state index >= 15 is 0 Å². The SMILES string of the molecule is CCC1CCCCC1OC(=O)CCC1CCCCN1. The van der Waals surface area contributed by atoms with Crippen LogP contribution >= 0.6 is 0 Å². The molecule has 3 unspecified atom stereocenters. The summed E-state index contributed by atoms with van der Waals surface area (Å²) in [4.78, 5) is 12.0. The third-order valence-corrected chi connectivity index (χ3v) is 4.76. The first-order valence-corrected chi connectivity index (χ1v) is 8.22. The van der Waals surface area contributed by atoms with Gasteiger partial charge in [-0.15, -0.1) is 0 Å². The maximum absolute atomic E-state index is 12.0. The van der Waals surface area contributed by atoms with Gasteiger partial charge in [-0.05, 0) is 57.4 Å². The molecule has 110 valence electrons. The summed E-state index contributed by atoms with van der Waals surface area (Å²) >= 11 is 0. The molecule has 2 aliphatic rings. The quantitative estimate of drug-likeness (QED) is 0.776. The first-order valence-electron chi connectivity index (χ1n) is 8.22. The van der Waals surface area contributed by atoms with E-state index in [4.69, 9.17) is 4.74 Å². The van der Waals surface area contributed by atoms with Gasteiger partial charge >= 0.3 is 5.97 Å². The summed E-state index contributed by atoms with van der Waals surface area (Å²) in [6, 6.07) is 0.537. The fraction of sp³-hybridized carbons (Fsp3) is 0.938. The summed E-state index contributed by atoms with van der Waals surface area (Å²) in [5.74, 6) is 0.628. The van der Waals surface area contributed by atoms with E-state index < -0.39 is 0 Å². The van der Waals surface area contributed by atoms with Gasteiger partial charge < -0.3 is 10.1 Å². The van der Waals surface area contributed by atoms with Gasteiger partial charge in [-0.2, -0.15) is 0 Å². The Morgan fingerprint density at radius 1 is 1.16 bits per heavy atom. The molecule has 1 aliphatic heterocycles. The summed E-state index contributed by atoms with van der Waals surface area (Å²) in [5, 5.41) is 3.49. The van der Waals surface area contributed by atoms with Crippen LogP contribution in [0.25, 0.3) is 0 Å². The molecule has 0 bridgehead atoms. The van der Waals surface area contributed by atoms with Crippen molar-refractivity contribution in [1.82, 2.24) is 5.32 Å². The highest BCUT2D eigenvalue weighted by Crippen LogP contribution is 2.29. The fourth-order valence-corrected chi connectivity index (χ4v) is 3.49. The van der Waals surface area contributed by atoms with Crippen LogP contribution in [0.4, 0.5) is 0 Å². The van der Waals surface area contributed by atoms with E-state index in [-0.39, 0.29) is 12.1 Å². The topological polar surface area (TPSA) is 38.3 Å². The van der Waals surface area contributed by atoms with Crippen LogP contribution in [0, 0.1) is 5.92 Å². The minimum Gasteiger partial charge on any atom is -0.462 e. The number of hydrogen-bond donors (Lipinski definition) is 1. The molecule has 0 spiro atoms. The molecule has 0 aromatic heterocycles. The minimum absolute atomic E-state index is 0.0257. The Hall–Kier alpha value is -0.570. The Morgan fingerprint density at radius 3 is 2.68 bits per heavy atom. The molecular formula is C16H29NO2. The standard InChI is InChI=1S/C16H29NO2/c1-2-13-7-3-4-9-15(13)19-16(18)11-10-14-8-5-6-12-17-14/h13-15,17H,2-12H2,1H3. The molecule has 3 atom stereocenters. The number of ether oxygens (including phenoxy) is 1. The van der Waals surface area contributed by atoms with Gasteiger partial charge in [0.1, 0.15) is 6.10 Å². The number of hydrogen-bond acceptors (Lipinski definition) is 3. The molecule has 1 N–H and O–H groups in total. The lowest BCUT2D eigenvalue weighted by atomic mass is 9.85. The average molecular weight is 267 g/mol. The van der Waals surface area contributed by atoms with Gasteiger partial charge in [0.25, 0.3) is 0 Å². The smallest absolute Gasteiger partial charge is 0.306 e. The summed E-state index contributed by atoms with van der Waals surface area (Å²) < 4.78 is 5.72. The van der Waals surface area contributed by atoms with Gasteiger partial charge in [0.2, 0.25) is 0 Å². The van der Waals surface area contributed by atoms with Crippen molar-refractivity contribution in [3.05, 3.63) is 0 Å². The van der Waals surface area contributed by atoms with Crippen LogP contribution in [0.2, 0.25) is 0 Å². The van der Waals surface area contributed by atoms with Gasteiger partial charge in [-0.25, -0.2) is 0 Å². The van der Waals surface area contributed by atoms with Gasteiger partial charge in [0.15, 0.2) is 0 Å². The largest absolute Gasteiger partial charge is 0.462 e. The first-order chi connectivity index (χ1) is 9.29. The number of nitrogens with one attached hydrogen (secondary N) is 1. The van der Waals surface area contributed by atoms with E-state index in [9.17, 15) is 4.79 Å². The summed E-state index contributed by atoms with van der Waals surface area (Å²) in [5.41, 5.74) is 0. The molecule has 1 saturated carbocycles. The molecule has 0 aromatic carbocycles. The Kier molecular flexibility index (Phi) is 6.15. The Labute approximate surface area is 117 Å². The van der Waals surface area contributed by atoms with Crippen molar-refractivity contribution in [3.8, 4) is 0 Å². The Morgan fingerprint density at radius 2 is 1.95 bits per heavy atom. The van der Waals surface area contributed by atoms with Gasteiger partial charge in [-0.3, -0.25) is 4.79 Å². The summed E-state index contributed by atoms with van der Waals surface area (Å²) in [6.45, 7) is 3.32. The van der Waals surface area contributed by atoms with Crippen LogP contribution in [0.15, 0.2) is 0 Å². The predicted octanol–water partition coefficient (Wildman–Crippen LogP) is 3.42. The highest BCUT2D eigenvalue weighted by atomic mass is 16.5. The molecule has 2 rings (SSSR count). The van der Waals surface area contributed by atoms with Gasteiger partial charge in [-0.1, -0.05) is 19.8 Å². The molecule has 0 aromatic rings. The van der Waals surface area contributed by atoms with E-state index in [1.807, 2.05) is 0 Å². The lowest BCUT2D eigenvalue weighted by Gasteiger charge is -2.30. The number of carbonyl (C=O) groups excluding carboxylic acids is 1. The van der Waals surface area contributed by atoms with Crippen LogP contribution in [0.3, 0.4) is 0 Å². The lowest BCUT2D eigenvalue weighted by molar-refractivity contribution is -0.154. The summed E-state index contributed by atoms with van der Waals surface area (Å²) in [6.07, 6.45) is 11.5. The van der Waals surface area contributed by atoms with Crippen LogP contribution < -0.4 is 5.32 Å². The van der Waals surface area contributed by atoms with Crippen molar-refractivity contribution in [2.45, 2.75) is 83.3 Å². The van der Waals surface area contributed by atoms with Crippen molar-refractivity contribution in [2.24, 2.45) is 5.92 Å². The minimum atomic E-state index is 0.0257. The van der Waals surface area contributed by atoms with E-state index in [2.05, 4.69) is 12.2 Å². The maximum atomic E-state index is 12.0. The normalized spacial score (nSPS) is 31.9. The zero-order valence-electron chi connectivity index (χ0n) is 12.3. The predicted molar refractivity (Wildman–Crippen MR) is 77.0 cm³/mol. The molecule has 2 fully saturated rings. The van der Waals surface area contributed by atoms with Gasteiger partial charge in [0, 0.05) is 12.5 Å². The summed E-state index contributed by atoms with van der Waals surface area (Å²) in [7, 11) is 0. The second-order valence-corrected chi connectivity index (χ2v) is 6.17. The number of carbonyl (C=O) groups is 1. The highest BCUT2D eigenvalue weighted by molar-refractivity contribution is 5.69. The first kappa shape index (κ1) is 14.8. The molecule has 1 saturated heterocycles. The van der Waals surface area contributed by atoms with Crippen molar-refractivity contribution >= 4 is 5.97 Å². The molecule has 3 heteroatoms. The molecule has 0 amide bonds. The Balaban J connectivity index is 1.67. The molecule has 1 heterocycles. The second-order valence-electron chi connectivity index (χ2n) is 6.17. The van der Waals surface area contributed by atoms with Crippen molar-refractivity contribution in [1.29, 1.82) is 0 Å². The Bertz CT molecular complexity index is 274. The monoisotopic (exact) mass is 267 g/mol. The molecule has 3 nitrogen and oxygen atoms in total. The molecule has 1 aliphatic carbocycles. The second kappa shape index (κ2) is 7.88. The number of piperidine rings is 1. The van der Waals surface area contributed by atoms with Gasteiger partial charge in [0.05, 0.1) is 0 Å². The zero-order chi connectivity index (χ0) is 13.5. The lowest BCUT2D eigenvalue weighted by Crippen LogP contribution is -2.35. The third kappa shape index (κ3) is 4.79. The molecular weight excluding hydrogens is 238 g/mol. The molecule has 19 heavy (non-hydrogen) atoms. The van der Waals surface area contributed by atoms with Crippen LogP contribution in [0.1, 0.15) is 71.1 Å². The fourth-order valence-electron chi connectivity index (χ4n) is 3.49. The third-order valence-electron chi connectivity index (χ3n) is 4.76. The zero-order valence-corrected chi connectivity index (χ0v) is 12.3. The molecule has 0 radical (unpaired) electrons. The maximum Gasteiger partial charge on any atom is 0.306 e. The average Bonchev–Trinajstić information content (AvgIpc) is 2.47. The van der Waals surface area contributed by atoms with E-state index in [1.165, 1.54) is 38.5 Å². The number of esters is 1. The van der Waals surface area contributed by atoms with E-state index in [0.717, 1.165) is 25.8 Å². The van der Waals surface area contributed by atoms with Crippen molar-refractivity contribution < 1.29 is 9.53 Å².